The number of hydrogen-bond acceptors (Lipinski definition) is 4. The third kappa shape index (κ3) is 2.79. The average molecular weight is 258 g/mol. The van der Waals surface area contributed by atoms with Crippen LogP contribution in [0.25, 0.3) is 21.3 Å². The molecule has 0 unspecified atom stereocenters. The Kier molecular flexibility index (Phi) is 3.92. The smallest absolute Gasteiger partial charge is 0.267 e. The molecule has 1 heterocycles. The van der Waals surface area contributed by atoms with Crippen molar-refractivity contribution in [2.45, 2.75) is 0 Å². The van der Waals surface area contributed by atoms with Crippen molar-refractivity contribution in [3.05, 3.63) is 46.5 Å². The van der Waals surface area contributed by atoms with Gasteiger partial charge in [-0.05, 0) is 22.8 Å². The van der Waals surface area contributed by atoms with Crippen molar-refractivity contribution in [2.24, 2.45) is 5.11 Å². The lowest BCUT2D eigenvalue weighted by Crippen LogP contribution is -2.03. The molecule has 0 spiro atoms. The van der Waals surface area contributed by atoms with E-state index in [1.807, 2.05) is 12.1 Å². The zero-order chi connectivity index (χ0) is 13.7. The number of hydrogen-bond donors (Lipinski definition) is 0. The average Bonchev–Trinajstić information content (AvgIpc) is 2.44. The first-order valence-electron chi connectivity index (χ1n) is 5.37. The van der Waals surface area contributed by atoms with Gasteiger partial charge in [-0.1, -0.05) is 12.1 Å². The number of para-hydroxylation sites is 1. The van der Waals surface area contributed by atoms with Crippen LogP contribution in [0.15, 0.2) is 35.4 Å². The predicted molar refractivity (Wildman–Crippen MR) is 67.7 cm³/mol. The maximum Gasteiger partial charge on any atom is 0.267 e. The van der Waals surface area contributed by atoms with E-state index in [1.165, 1.54) is 13.2 Å². The fourth-order valence-corrected chi connectivity index (χ4v) is 1.59. The summed E-state index contributed by atoms with van der Waals surface area (Å²) in [5.74, 6) is -0.306. The molecule has 1 aromatic carbocycles. The molecule has 96 valence electrons. The molecule has 0 aliphatic heterocycles. The summed E-state index contributed by atoms with van der Waals surface area (Å²) in [5, 5.41) is 3.76. The summed E-state index contributed by atoms with van der Waals surface area (Å²) in [4.78, 5) is 18.1. The summed E-state index contributed by atoms with van der Waals surface area (Å²) in [5.41, 5.74) is 8.89. The number of benzene rings is 1. The van der Waals surface area contributed by atoms with Gasteiger partial charge in [0.2, 0.25) is 0 Å². The van der Waals surface area contributed by atoms with E-state index < -0.39 is 5.91 Å². The van der Waals surface area contributed by atoms with Gasteiger partial charge in [0.15, 0.2) is 6.79 Å². The van der Waals surface area contributed by atoms with Gasteiger partial charge in [-0.15, -0.1) is 0 Å². The number of rotatable bonds is 4. The molecular weight excluding hydrogens is 248 g/mol. The van der Waals surface area contributed by atoms with E-state index in [-0.39, 0.29) is 12.5 Å². The van der Waals surface area contributed by atoms with E-state index in [1.54, 1.807) is 12.1 Å². The molecular formula is C12H10N4O3. The number of pyridine rings is 1. The van der Waals surface area contributed by atoms with Gasteiger partial charge in [0.1, 0.15) is 11.4 Å². The second kappa shape index (κ2) is 5.81. The number of amides is 1. The highest BCUT2D eigenvalue weighted by Gasteiger charge is 2.11. The van der Waals surface area contributed by atoms with E-state index in [0.717, 1.165) is 5.39 Å². The first kappa shape index (κ1) is 12.8. The van der Waals surface area contributed by atoms with Crippen LogP contribution in [0.2, 0.25) is 0 Å². The van der Waals surface area contributed by atoms with Crippen LogP contribution < -0.4 is 4.74 Å². The molecule has 7 nitrogen and oxygen atoms in total. The molecule has 0 aliphatic rings. The molecule has 1 aromatic heterocycles. The molecule has 0 bridgehead atoms. The molecule has 0 atom stereocenters. The predicted octanol–water partition coefficient (Wildman–Crippen LogP) is 2.67. The fraction of sp³-hybridized carbons (Fsp3) is 0.167. The molecule has 2 aromatic rings. The zero-order valence-electron chi connectivity index (χ0n) is 10.1. The summed E-state index contributed by atoms with van der Waals surface area (Å²) in [6, 6.07) is 8.60. The highest BCUT2D eigenvalue weighted by atomic mass is 16.7. The lowest BCUT2D eigenvalue weighted by molar-refractivity contribution is 0.0521. The van der Waals surface area contributed by atoms with E-state index in [9.17, 15) is 4.79 Å². The summed E-state index contributed by atoms with van der Waals surface area (Å²) >= 11 is 0. The Morgan fingerprint density at radius 2 is 2.26 bits per heavy atom. The van der Waals surface area contributed by atoms with Crippen molar-refractivity contribution in [1.82, 2.24) is 4.98 Å². The molecule has 0 saturated heterocycles. The van der Waals surface area contributed by atoms with Gasteiger partial charge in [0, 0.05) is 23.5 Å². The molecule has 0 saturated carbocycles. The molecule has 0 aliphatic carbocycles. The Balaban J connectivity index is 2.55. The maximum atomic E-state index is 11.5. The summed E-state index contributed by atoms with van der Waals surface area (Å²) in [6.07, 6.45) is 0. The van der Waals surface area contributed by atoms with E-state index in [2.05, 4.69) is 15.0 Å². The van der Waals surface area contributed by atoms with Gasteiger partial charge in [-0.2, -0.15) is 0 Å². The van der Waals surface area contributed by atoms with Gasteiger partial charge in [0.05, 0.1) is 5.52 Å². The molecule has 0 fully saturated rings. The Labute approximate surface area is 108 Å². The Morgan fingerprint density at radius 3 is 3.00 bits per heavy atom. The molecule has 19 heavy (non-hydrogen) atoms. The number of aromatic nitrogens is 1. The number of azide groups is 1. The third-order valence-corrected chi connectivity index (χ3v) is 2.37. The number of carbonyl (C=O) groups excluding carboxylic acids is 1. The van der Waals surface area contributed by atoms with Crippen molar-refractivity contribution in [3.8, 4) is 5.75 Å². The Bertz CT molecular complexity index is 665. The molecule has 0 N–H and O–H groups in total. The van der Waals surface area contributed by atoms with Crippen LogP contribution in [0.4, 0.5) is 0 Å². The standard InChI is InChI=1S/C12H10N4O3/c1-18-7-19-11-6-10(12(17)15-16-13)14-9-5-3-2-4-8(9)11/h2-6H,7H2,1H3. The number of methoxy groups -OCH3 is 1. The largest absolute Gasteiger partial charge is 0.467 e. The topological polar surface area (TPSA) is 97.2 Å². The monoisotopic (exact) mass is 258 g/mol. The van der Waals surface area contributed by atoms with Gasteiger partial charge < -0.3 is 9.47 Å². The van der Waals surface area contributed by atoms with Crippen molar-refractivity contribution in [2.75, 3.05) is 13.9 Å². The summed E-state index contributed by atoms with van der Waals surface area (Å²) < 4.78 is 10.2. The van der Waals surface area contributed by atoms with E-state index in [0.29, 0.717) is 11.3 Å². The fourth-order valence-electron chi connectivity index (χ4n) is 1.59. The summed E-state index contributed by atoms with van der Waals surface area (Å²) in [6.45, 7) is 0.0448. The highest BCUT2D eigenvalue weighted by Crippen LogP contribution is 2.25. The number of ether oxygens (including phenoxy) is 2. The van der Waals surface area contributed by atoms with Gasteiger partial charge in [-0.3, -0.25) is 4.79 Å². The minimum atomic E-state index is -0.754. The van der Waals surface area contributed by atoms with Crippen LogP contribution in [0.1, 0.15) is 10.5 Å². The second-order valence-electron chi connectivity index (χ2n) is 3.57. The quantitative estimate of drug-likeness (QED) is 0.364. The van der Waals surface area contributed by atoms with Crippen molar-refractivity contribution in [3.63, 3.8) is 0 Å². The van der Waals surface area contributed by atoms with E-state index >= 15 is 0 Å². The van der Waals surface area contributed by atoms with Crippen LogP contribution >= 0.6 is 0 Å². The summed E-state index contributed by atoms with van der Waals surface area (Å²) in [7, 11) is 1.50. The lowest BCUT2D eigenvalue weighted by atomic mass is 10.2. The lowest BCUT2D eigenvalue weighted by Gasteiger charge is -2.09. The minimum absolute atomic E-state index is 0.0302. The Morgan fingerprint density at radius 1 is 1.47 bits per heavy atom. The van der Waals surface area contributed by atoms with Crippen molar-refractivity contribution >= 4 is 16.8 Å². The van der Waals surface area contributed by atoms with E-state index in [4.69, 9.17) is 15.0 Å². The van der Waals surface area contributed by atoms with Crippen LogP contribution in [-0.2, 0) is 4.74 Å². The SMILES string of the molecule is COCOc1cc(C(=O)N=[N+]=[N-])nc2ccccc12. The first-order valence-corrected chi connectivity index (χ1v) is 5.37. The van der Waals surface area contributed by atoms with Crippen molar-refractivity contribution < 1.29 is 14.3 Å². The molecule has 2 rings (SSSR count). The van der Waals surface area contributed by atoms with Crippen LogP contribution in [0.5, 0.6) is 5.75 Å². The van der Waals surface area contributed by atoms with Gasteiger partial charge >= 0.3 is 0 Å². The van der Waals surface area contributed by atoms with Gasteiger partial charge in [0.25, 0.3) is 5.91 Å². The third-order valence-electron chi connectivity index (χ3n) is 2.37. The number of carbonyl (C=O) groups is 1. The van der Waals surface area contributed by atoms with Crippen LogP contribution in [0.3, 0.4) is 0 Å². The number of fused-ring (bicyclic) bond motifs is 1. The number of nitrogens with zero attached hydrogens (tertiary/aromatic N) is 4. The molecule has 0 radical (unpaired) electrons. The maximum absolute atomic E-state index is 11.5. The Hall–Kier alpha value is -2.63. The van der Waals surface area contributed by atoms with Crippen LogP contribution in [0, 0.1) is 0 Å². The molecule has 1 amide bonds. The second-order valence-corrected chi connectivity index (χ2v) is 3.57. The first-order chi connectivity index (χ1) is 9.26. The normalized spacial score (nSPS) is 9.95. The highest BCUT2D eigenvalue weighted by molar-refractivity contribution is 5.97. The van der Waals surface area contributed by atoms with Crippen LogP contribution in [-0.4, -0.2) is 24.8 Å². The molecule has 7 heteroatoms. The minimum Gasteiger partial charge on any atom is -0.467 e. The van der Waals surface area contributed by atoms with Gasteiger partial charge in [-0.25, -0.2) is 4.98 Å². The van der Waals surface area contributed by atoms with Crippen molar-refractivity contribution in [1.29, 1.82) is 0 Å². The zero-order valence-corrected chi connectivity index (χ0v) is 10.1.